The van der Waals surface area contributed by atoms with Crippen LogP contribution >= 0.6 is 23.1 Å². The maximum atomic E-state index is 11.3. The zero-order valence-corrected chi connectivity index (χ0v) is 11.4. The fourth-order valence-electron chi connectivity index (χ4n) is 1.50. The van der Waals surface area contributed by atoms with E-state index in [1.165, 1.54) is 16.2 Å². The average molecular weight is 263 g/mol. The van der Waals surface area contributed by atoms with Gasteiger partial charge in [0.2, 0.25) is 0 Å². The maximum absolute atomic E-state index is 11.3. The lowest BCUT2D eigenvalue weighted by atomic mass is 10.3. The second-order valence-electron chi connectivity index (χ2n) is 3.68. The zero-order chi connectivity index (χ0) is 12.3. The van der Waals surface area contributed by atoms with Crippen LogP contribution in [0.15, 0.2) is 35.2 Å². The SMILES string of the molecule is CC(=O)c1sc(CSc2ccccc2)nc1C. The minimum Gasteiger partial charge on any atom is -0.294 e. The first kappa shape index (κ1) is 12.3. The molecule has 1 aromatic heterocycles. The van der Waals surface area contributed by atoms with Crippen molar-refractivity contribution in [2.75, 3.05) is 0 Å². The van der Waals surface area contributed by atoms with Gasteiger partial charge < -0.3 is 0 Å². The van der Waals surface area contributed by atoms with E-state index in [1.807, 2.05) is 25.1 Å². The number of aromatic nitrogens is 1. The Hall–Kier alpha value is -1.13. The van der Waals surface area contributed by atoms with E-state index in [4.69, 9.17) is 0 Å². The van der Waals surface area contributed by atoms with E-state index in [0.29, 0.717) is 0 Å². The van der Waals surface area contributed by atoms with Crippen molar-refractivity contribution in [1.29, 1.82) is 0 Å². The third-order valence-electron chi connectivity index (χ3n) is 2.27. The lowest BCUT2D eigenvalue weighted by molar-refractivity contribution is 0.102. The summed E-state index contributed by atoms with van der Waals surface area (Å²) in [7, 11) is 0. The number of nitrogens with zero attached hydrogens (tertiary/aromatic N) is 1. The molecule has 2 rings (SSSR count). The van der Waals surface area contributed by atoms with Crippen LogP contribution in [0.3, 0.4) is 0 Å². The van der Waals surface area contributed by atoms with Crippen LogP contribution in [0.2, 0.25) is 0 Å². The average Bonchev–Trinajstić information content (AvgIpc) is 2.69. The predicted molar refractivity (Wildman–Crippen MR) is 72.9 cm³/mol. The molecular weight excluding hydrogens is 250 g/mol. The number of carbonyl (C=O) groups is 1. The van der Waals surface area contributed by atoms with Crippen molar-refractivity contribution >= 4 is 28.9 Å². The molecule has 0 saturated carbocycles. The Balaban J connectivity index is 2.05. The highest BCUT2D eigenvalue weighted by Crippen LogP contribution is 2.26. The predicted octanol–water partition coefficient (Wildman–Crippen LogP) is 3.95. The number of hydrogen-bond donors (Lipinski definition) is 0. The fraction of sp³-hybridized carbons (Fsp3) is 0.231. The number of hydrogen-bond acceptors (Lipinski definition) is 4. The summed E-state index contributed by atoms with van der Waals surface area (Å²) in [5, 5.41) is 1.02. The third kappa shape index (κ3) is 3.17. The van der Waals surface area contributed by atoms with Crippen LogP contribution in [0.5, 0.6) is 0 Å². The van der Waals surface area contributed by atoms with Crippen molar-refractivity contribution in [3.8, 4) is 0 Å². The van der Waals surface area contributed by atoms with Gasteiger partial charge in [0, 0.05) is 11.8 Å². The number of benzene rings is 1. The van der Waals surface area contributed by atoms with E-state index >= 15 is 0 Å². The summed E-state index contributed by atoms with van der Waals surface area (Å²) in [5.41, 5.74) is 0.853. The Morgan fingerprint density at radius 3 is 2.65 bits per heavy atom. The van der Waals surface area contributed by atoms with Gasteiger partial charge in [-0.25, -0.2) is 4.98 Å². The molecule has 2 aromatic rings. The van der Waals surface area contributed by atoms with Crippen molar-refractivity contribution < 1.29 is 4.79 Å². The van der Waals surface area contributed by atoms with Crippen molar-refractivity contribution in [3.05, 3.63) is 45.9 Å². The van der Waals surface area contributed by atoms with Gasteiger partial charge in [-0.15, -0.1) is 23.1 Å². The molecule has 0 aliphatic rings. The zero-order valence-electron chi connectivity index (χ0n) is 9.77. The van der Waals surface area contributed by atoms with Gasteiger partial charge in [-0.1, -0.05) is 18.2 Å². The number of aryl methyl sites for hydroxylation is 1. The van der Waals surface area contributed by atoms with Crippen molar-refractivity contribution in [2.45, 2.75) is 24.5 Å². The Morgan fingerprint density at radius 1 is 1.35 bits per heavy atom. The Bertz CT molecular complexity index is 519. The molecule has 0 N–H and O–H groups in total. The van der Waals surface area contributed by atoms with Gasteiger partial charge in [0.25, 0.3) is 0 Å². The van der Waals surface area contributed by atoms with Crippen molar-refractivity contribution in [1.82, 2.24) is 4.98 Å². The quantitative estimate of drug-likeness (QED) is 0.618. The summed E-state index contributed by atoms with van der Waals surface area (Å²) in [6, 6.07) is 10.2. The van der Waals surface area contributed by atoms with E-state index in [-0.39, 0.29) is 5.78 Å². The van der Waals surface area contributed by atoms with Crippen molar-refractivity contribution in [3.63, 3.8) is 0 Å². The van der Waals surface area contributed by atoms with Gasteiger partial charge in [0.1, 0.15) is 5.01 Å². The second-order valence-corrected chi connectivity index (χ2v) is 5.81. The van der Waals surface area contributed by atoms with Gasteiger partial charge in [-0.2, -0.15) is 0 Å². The lowest BCUT2D eigenvalue weighted by Gasteiger charge is -1.97. The van der Waals surface area contributed by atoms with E-state index in [2.05, 4.69) is 17.1 Å². The van der Waals surface area contributed by atoms with Gasteiger partial charge in [-0.05, 0) is 19.1 Å². The van der Waals surface area contributed by atoms with E-state index in [1.54, 1.807) is 18.7 Å². The Labute approximate surface area is 109 Å². The highest BCUT2D eigenvalue weighted by Gasteiger charge is 2.11. The molecule has 2 nitrogen and oxygen atoms in total. The number of carbonyl (C=O) groups excluding carboxylic acids is 1. The monoisotopic (exact) mass is 263 g/mol. The molecule has 0 bridgehead atoms. The minimum absolute atomic E-state index is 0.107. The molecule has 0 radical (unpaired) electrons. The molecule has 17 heavy (non-hydrogen) atoms. The largest absolute Gasteiger partial charge is 0.294 e. The van der Waals surface area contributed by atoms with Crippen LogP contribution in [0, 0.1) is 6.92 Å². The van der Waals surface area contributed by atoms with Crippen molar-refractivity contribution in [2.24, 2.45) is 0 Å². The van der Waals surface area contributed by atoms with Gasteiger partial charge >= 0.3 is 0 Å². The third-order valence-corrected chi connectivity index (χ3v) is 4.73. The van der Waals surface area contributed by atoms with Crippen LogP contribution in [0.4, 0.5) is 0 Å². The molecule has 0 unspecified atom stereocenters. The van der Waals surface area contributed by atoms with Crippen LogP contribution in [0.25, 0.3) is 0 Å². The van der Waals surface area contributed by atoms with Crippen LogP contribution in [-0.2, 0) is 5.75 Å². The summed E-state index contributed by atoms with van der Waals surface area (Å²) in [5.74, 6) is 0.930. The van der Waals surface area contributed by atoms with Crippen LogP contribution in [0.1, 0.15) is 27.3 Å². The highest BCUT2D eigenvalue weighted by molar-refractivity contribution is 7.98. The molecule has 0 amide bonds. The first-order valence-electron chi connectivity index (χ1n) is 5.32. The number of ketones is 1. The minimum atomic E-state index is 0.107. The molecule has 4 heteroatoms. The molecule has 0 atom stereocenters. The summed E-state index contributed by atoms with van der Waals surface area (Å²) in [4.78, 5) is 17.8. The fourth-order valence-corrected chi connectivity index (χ4v) is 3.37. The Morgan fingerprint density at radius 2 is 2.06 bits per heavy atom. The standard InChI is InChI=1S/C13H13NOS2/c1-9-13(10(2)15)17-12(14-9)8-16-11-6-4-3-5-7-11/h3-7H,8H2,1-2H3. The van der Waals surface area contributed by atoms with Gasteiger partial charge in [-0.3, -0.25) is 4.79 Å². The van der Waals surface area contributed by atoms with Gasteiger partial charge in [0.15, 0.2) is 5.78 Å². The highest BCUT2D eigenvalue weighted by atomic mass is 32.2. The van der Waals surface area contributed by atoms with E-state index < -0.39 is 0 Å². The van der Waals surface area contributed by atoms with E-state index in [0.717, 1.165) is 21.3 Å². The lowest BCUT2D eigenvalue weighted by Crippen LogP contribution is -1.89. The molecule has 0 aliphatic carbocycles. The normalized spacial score (nSPS) is 10.5. The summed E-state index contributed by atoms with van der Waals surface area (Å²) < 4.78 is 0. The number of thiazole rings is 1. The smallest absolute Gasteiger partial charge is 0.171 e. The molecule has 1 heterocycles. The summed E-state index contributed by atoms with van der Waals surface area (Å²) >= 11 is 3.25. The molecule has 88 valence electrons. The molecular formula is C13H13NOS2. The van der Waals surface area contributed by atoms with Crippen LogP contribution in [-0.4, -0.2) is 10.8 Å². The first-order valence-corrected chi connectivity index (χ1v) is 7.12. The molecule has 0 saturated heterocycles. The molecule has 0 spiro atoms. The Kier molecular flexibility index (Phi) is 3.97. The van der Waals surface area contributed by atoms with Crippen LogP contribution < -0.4 is 0 Å². The topological polar surface area (TPSA) is 30.0 Å². The number of thioether (sulfide) groups is 1. The molecule has 0 fully saturated rings. The first-order chi connectivity index (χ1) is 8.16. The second kappa shape index (κ2) is 5.47. The molecule has 1 aromatic carbocycles. The number of rotatable bonds is 4. The summed E-state index contributed by atoms with van der Waals surface area (Å²) in [6.07, 6.45) is 0. The maximum Gasteiger partial charge on any atom is 0.171 e. The summed E-state index contributed by atoms with van der Waals surface area (Å²) in [6.45, 7) is 3.48. The van der Waals surface area contributed by atoms with E-state index in [9.17, 15) is 4.79 Å². The molecule has 0 aliphatic heterocycles. The number of Topliss-reactive ketones (excluding diaryl/α,β-unsaturated/α-hetero) is 1. The van der Waals surface area contributed by atoms with Gasteiger partial charge in [0.05, 0.1) is 16.3 Å².